The maximum Gasteiger partial charge on any atom is 0.514 e. The van der Waals surface area contributed by atoms with Gasteiger partial charge >= 0.3 is 12.1 Å². The average Bonchev–Trinajstić information content (AvgIpc) is 2.47. The number of rotatable bonds is 6. The van der Waals surface area contributed by atoms with Crippen LogP contribution in [0.25, 0.3) is 0 Å². The topological polar surface area (TPSA) is 57.0 Å². The highest BCUT2D eigenvalue weighted by Gasteiger charge is 2.32. The van der Waals surface area contributed by atoms with Crippen molar-refractivity contribution in [3.63, 3.8) is 0 Å². The molecular weight excluding hydrogens is 418 g/mol. The summed E-state index contributed by atoms with van der Waals surface area (Å²) in [6, 6.07) is 0. The second-order valence-electron chi connectivity index (χ2n) is 6.31. The SMILES string of the molecule is CCC(C)(C)OC(=O)[NH+]1CCC(CCOC(=O)C(Br)Br)CC1. The Hall–Kier alpha value is -0.140. The number of nitrogens with one attached hydrogen (secondary N) is 1. The van der Waals surface area contributed by atoms with Gasteiger partial charge in [-0.05, 0) is 32.6 Å². The molecule has 128 valence electrons. The molecule has 0 unspecified atom stereocenters. The fraction of sp³-hybridized carbons (Fsp3) is 0.867. The fourth-order valence-electron chi connectivity index (χ4n) is 2.30. The number of alkyl carbamates (subject to hydrolysis) is 2. The zero-order chi connectivity index (χ0) is 16.8. The summed E-state index contributed by atoms with van der Waals surface area (Å²) in [5.74, 6) is 0.209. The second-order valence-corrected chi connectivity index (χ2v) is 9.37. The van der Waals surface area contributed by atoms with Crippen molar-refractivity contribution in [2.75, 3.05) is 19.7 Å². The predicted octanol–water partition coefficient (Wildman–Crippen LogP) is 2.66. The molecule has 1 heterocycles. The number of ether oxygens (including phenoxy) is 2. The summed E-state index contributed by atoms with van der Waals surface area (Å²) in [4.78, 5) is 24.3. The number of alkyl halides is 2. The molecule has 0 aromatic heterocycles. The van der Waals surface area contributed by atoms with E-state index in [0.717, 1.165) is 43.7 Å². The quantitative estimate of drug-likeness (QED) is 0.506. The molecule has 0 aliphatic carbocycles. The summed E-state index contributed by atoms with van der Waals surface area (Å²) in [6.45, 7) is 7.90. The summed E-state index contributed by atoms with van der Waals surface area (Å²) in [6.07, 6.45) is 3.43. The van der Waals surface area contributed by atoms with Crippen LogP contribution in [0.5, 0.6) is 0 Å². The Morgan fingerprint density at radius 3 is 2.36 bits per heavy atom. The number of halogens is 2. The number of carbonyl (C=O) groups is 2. The minimum absolute atomic E-state index is 0.141. The van der Waals surface area contributed by atoms with Crippen LogP contribution in [0.2, 0.25) is 0 Å². The van der Waals surface area contributed by atoms with Crippen LogP contribution in [0.1, 0.15) is 46.5 Å². The maximum absolute atomic E-state index is 12.1. The van der Waals surface area contributed by atoms with Crippen molar-refractivity contribution in [3.8, 4) is 0 Å². The summed E-state index contributed by atoms with van der Waals surface area (Å²) in [5, 5.41) is 0. The number of piperidine rings is 1. The molecule has 0 atom stereocenters. The zero-order valence-electron chi connectivity index (χ0n) is 13.5. The Morgan fingerprint density at radius 1 is 1.27 bits per heavy atom. The first-order valence-corrected chi connectivity index (χ1v) is 9.61. The lowest BCUT2D eigenvalue weighted by molar-refractivity contribution is -0.832. The van der Waals surface area contributed by atoms with Crippen LogP contribution in [0.4, 0.5) is 4.79 Å². The third-order valence-electron chi connectivity index (χ3n) is 4.17. The standard InChI is InChI=1S/C15H25Br2NO4/c1-4-15(2,3)22-14(20)18-8-5-11(6-9-18)7-10-21-13(19)12(16)17/h11-12H,4-10H2,1-3H3/p+1. The maximum atomic E-state index is 12.1. The van der Waals surface area contributed by atoms with E-state index in [1.54, 1.807) is 0 Å². The fourth-order valence-corrected chi connectivity index (χ4v) is 2.57. The first-order valence-electron chi connectivity index (χ1n) is 7.78. The van der Waals surface area contributed by atoms with E-state index in [0.29, 0.717) is 12.5 Å². The zero-order valence-corrected chi connectivity index (χ0v) is 16.7. The van der Waals surface area contributed by atoms with E-state index in [4.69, 9.17) is 9.47 Å². The van der Waals surface area contributed by atoms with Gasteiger partial charge in [-0.15, -0.1) is 0 Å². The molecule has 0 saturated carbocycles. The third kappa shape index (κ3) is 6.96. The Kier molecular flexibility index (Phi) is 8.35. The lowest BCUT2D eigenvalue weighted by Crippen LogP contribution is -3.15. The van der Waals surface area contributed by atoms with E-state index in [-0.39, 0.29) is 12.1 Å². The van der Waals surface area contributed by atoms with Gasteiger partial charge in [-0.3, -0.25) is 0 Å². The minimum Gasteiger partial charge on any atom is -0.464 e. The van der Waals surface area contributed by atoms with Crippen molar-refractivity contribution in [2.24, 2.45) is 5.92 Å². The molecule has 7 heteroatoms. The highest BCUT2D eigenvalue weighted by molar-refractivity contribution is 9.25. The average molecular weight is 444 g/mol. The van der Waals surface area contributed by atoms with Gasteiger partial charge in [-0.25, -0.2) is 9.69 Å². The lowest BCUT2D eigenvalue weighted by atomic mass is 9.94. The molecule has 0 aromatic rings. The van der Waals surface area contributed by atoms with Gasteiger partial charge in [0.25, 0.3) is 0 Å². The van der Waals surface area contributed by atoms with Crippen LogP contribution in [0, 0.1) is 5.92 Å². The van der Waals surface area contributed by atoms with Crippen molar-refractivity contribution >= 4 is 43.9 Å². The normalized spacial score (nSPS) is 22.5. The van der Waals surface area contributed by atoms with Crippen LogP contribution in [-0.4, -0.2) is 41.1 Å². The van der Waals surface area contributed by atoms with Gasteiger partial charge in [0.2, 0.25) is 0 Å². The van der Waals surface area contributed by atoms with E-state index in [1.165, 1.54) is 0 Å². The second kappa shape index (κ2) is 9.23. The molecule has 0 radical (unpaired) electrons. The number of hydrogen-bond acceptors (Lipinski definition) is 4. The molecule has 1 fully saturated rings. The van der Waals surface area contributed by atoms with Crippen LogP contribution < -0.4 is 4.90 Å². The molecule has 5 nitrogen and oxygen atoms in total. The Bertz CT molecular complexity index is 380. The van der Waals surface area contributed by atoms with Gasteiger partial charge in [0, 0.05) is 12.8 Å². The summed E-state index contributed by atoms with van der Waals surface area (Å²) < 4.78 is 10.2. The third-order valence-corrected chi connectivity index (χ3v) is 4.91. The Balaban J connectivity index is 2.26. The molecule has 1 saturated heterocycles. The van der Waals surface area contributed by atoms with Crippen LogP contribution >= 0.6 is 31.9 Å². The predicted molar refractivity (Wildman–Crippen MR) is 91.5 cm³/mol. The summed E-state index contributed by atoms with van der Waals surface area (Å²) in [5.41, 5.74) is -0.392. The van der Waals surface area contributed by atoms with Crippen molar-refractivity contribution in [1.29, 1.82) is 0 Å². The lowest BCUT2D eigenvalue weighted by Gasteiger charge is -2.30. The van der Waals surface area contributed by atoms with Crippen molar-refractivity contribution in [2.45, 2.75) is 55.8 Å². The number of hydrogen-bond donors (Lipinski definition) is 1. The van der Waals surface area contributed by atoms with Crippen molar-refractivity contribution in [1.82, 2.24) is 0 Å². The number of esters is 1. The van der Waals surface area contributed by atoms with Gasteiger partial charge in [-0.2, -0.15) is 4.79 Å². The van der Waals surface area contributed by atoms with Crippen LogP contribution in [0.3, 0.4) is 0 Å². The molecule has 0 bridgehead atoms. The van der Waals surface area contributed by atoms with Crippen molar-refractivity contribution in [3.05, 3.63) is 0 Å². The minimum atomic E-state index is -0.442. The van der Waals surface area contributed by atoms with Gasteiger partial charge in [0.15, 0.2) is 3.74 Å². The number of quaternary nitrogens is 1. The largest absolute Gasteiger partial charge is 0.514 e. The van der Waals surface area contributed by atoms with E-state index >= 15 is 0 Å². The molecule has 1 aliphatic heterocycles. The molecule has 0 spiro atoms. The number of likely N-dealkylation sites (tertiary alicyclic amines) is 1. The first-order chi connectivity index (χ1) is 10.2. The van der Waals surface area contributed by atoms with Crippen molar-refractivity contribution < 1.29 is 24.0 Å². The first kappa shape index (κ1) is 19.9. The van der Waals surface area contributed by atoms with E-state index in [9.17, 15) is 9.59 Å². The van der Waals surface area contributed by atoms with Gasteiger partial charge in [0.1, 0.15) is 5.60 Å². The smallest absolute Gasteiger partial charge is 0.464 e. The summed E-state index contributed by atoms with van der Waals surface area (Å²) in [7, 11) is 0. The van der Waals surface area contributed by atoms with Gasteiger partial charge in [-0.1, -0.05) is 38.8 Å². The molecule has 0 aromatic carbocycles. The highest BCUT2D eigenvalue weighted by Crippen LogP contribution is 2.17. The van der Waals surface area contributed by atoms with Crippen LogP contribution in [0.15, 0.2) is 0 Å². The van der Waals surface area contributed by atoms with E-state index in [1.807, 2.05) is 20.8 Å². The van der Waals surface area contributed by atoms with Gasteiger partial charge < -0.3 is 9.47 Å². The molecule has 22 heavy (non-hydrogen) atoms. The van der Waals surface area contributed by atoms with Gasteiger partial charge in [0.05, 0.1) is 19.7 Å². The van der Waals surface area contributed by atoms with Crippen LogP contribution in [-0.2, 0) is 14.3 Å². The molecule has 1 N–H and O–H groups in total. The van der Waals surface area contributed by atoms with E-state index < -0.39 is 9.34 Å². The Labute approximate surface area is 149 Å². The molecular formula is C15H26Br2NO4+. The summed E-state index contributed by atoms with van der Waals surface area (Å²) >= 11 is 6.21. The number of amides is 1. The molecule has 1 aliphatic rings. The monoisotopic (exact) mass is 442 g/mol. The highest BCUT2D eigenvalue weighted by atomic mass is 79.9. The molecule has 1 rings (SSSR count). The number of carbonyl (C=O) groups excluding carboxylic acids is 2. The Morgan fingerprint density at radius 2 is 1.86 bits per heavy atom. The van der Waals surface area contributed by atoms with E-state index in [2.05, 4.69) is 31.9 Å². The molecule has 1 amide bonds.